The molecule has 7 heteroatoms. The van der Waals surface area contributed by atoms with Crippen LogP contribution >= 0.6 is 15.9 Å². The molecule has 1 aliphatic rings. The Labute approximate surface area is 129 Å². The summed E-state index contributed by atoms with van der Waals surface area (Å²) in [5.41, 5.74) is 2.72. The number of aromatic nitrogens is 5. The molecule has 0 aromatic carbocycles. The van der Waals surface area contributed by atoms with Gasteiger partial charge in [0.05, 0.1) is 17.2 Å². The molecule has 1 atom stereocenters. The van der Waals surface area contributed by atoms with Crippen LogP contribution in [-0.2, 0) is 6.54 Å². The highest BCUT2D eigenvalue weighted by Crippen LogP contribution is 2.29. The lowest BCUT2D eigenvalue weighted by Gasteiger charge is -2.24. The summed E-state index contributed by atoms with van der Waals surface area (Å²) < 4.78 is 2.89. The molecular weight excluding hydrogens is 332 g/mol. The summed E-state index contributed by atoms with van der Waals surface area (Å²) in [4.78, 5) is 13.2. The summed E-state index contributed by atoms with van der Waals surface area (Å²) in [6, 6.07) is 4.09. The molecular formula is C14H13BrN6. The highest BCUT2D eigenvalue weighted by Gasteiger charge is 2.22. The van der Waals surface area contributed by atoms with E-state index in [0.29, 0.717) is 0 Å². The average molecular weight is 345 g/mol. The Balaban J connectivity index is 1.73. The molecule has 1 N–H and O–H groups in total. The first-order chi connectivity index (χ1) is 10.3. The van der Waals surface area contributed by atoms with Crippen LogP contribution in [0.4, 0.5) is 5.69 Å². The number of nitrogens with zero attached hydrogens (tertiary/aromatic N) is 5. The molecule has 0 amide bonds. The van der Waals surface area contributed by atoms with Crippen molar-refractivity contribution in [3.05, 3.63) is 41.2 Å². The third kappa shape index (κ3) is 2.27. The lowest BCUT2D eigenvalue weighted by molar-refractivity contribution is 0.438. The van der Waals surface area contributed by atoms with Crippen molar-refractivity contribution in [3.63, 3.8) is 0 Å². The van der Waals surface area contributed by atoms with E-state index in [-0.39, 0.29) is 6.04 Å². The number of pyridine rings is 2. The van der Waals surface area contributed by atoms with Crippen molar-refractivity contribution >= 4 is 32.7 Å². The molecule has 0 bridgehead atoms. The van der Waals surface area contributed by atoms with Gasteiger partial charge in [0.15, 0.2) is 0 Å². The summed E-state index contributed by atoms with van der Waals surface area (Å²) in [7, 11) is 0. The van der Waals surface area contributed by atoms with Crippen molar-refractivity contribution in [3.8, 4) is 0 Å². The lowest BCUT2D eigenvalue weighted by Crippen LogP contribution is -2.22. The number of anilines is 1. The number of halogens is 1. The van der Waals surface area contributed by atoms with Crippen molar-refractivity contribution in [2.75, 3.05) is 5.32 Å². The summed E-state index contributed by atoms with van der Waals surface area (Å²) >= 11 is 3.43. The van der Waals surface area contributed by atoms with E-state index in [1.54, 1.807) is 18.7 Å². The van der Waals surface area contributed by atoms with Crippen molar-refractivity contribution in [2.45, 2.75) is 25.4 Å². The molecule has 0 aliphatic carbocycles. The summed E-state index contributed by atoms with van der Waals surface area (Å²) in [6.07, 6.45) is 7.34. The number of hydrogen-bond acceptors (Lipinski definition) is 5. The van der Waals surface area contributed by atoms with Crippen LogP contribution in [0.5, 0.6) is 0 Å². The Bertz CT molecular complexity index is 799. The minimum Gasteiger partial charge on any atom is -0.373 e. The second kappa shape index (κ2) is 5.07. The lowest BCUT2D eigenvalue weighted by atomic mass is 10.1. The number of nitrogens with one attached hydrogen (secondary N) is 1. The number of aryl methyl sites for hydroxylation is 1. The molecule has 6 nitrogen and oxygen atoms in total. The molecule has 0 radical (unpaired) electrons. The second-order valence-corrected chi connectivity index (χ2v) is 5.98. The quantitative estimate of drug-likeness (QED) is 0.773. The van der Waals surface area contributed by atoms with E-state index >= 15 is 0 Å². The maximum atomic E-state index is 4.48. The van der Waals surface area contributed by atoms with Gasteiger partial charge in [0.25, 0.3) is 0 Å². The van der Waals surface area contributed by atoms with Gasteiger partial charge in [-0.3, -0.25) is 9.97 Å². The van der Waals surface area contributed by atoms with Crippen molar-refractivity contribution in [1.82, 2.24) is 24.7 Å². The van der Waals surface area contributed by atoms with E-state index in [9.17, 15) is 0 Å². The van der Waals surface area contributed by atoms with Gasteiger partial charge in [-0.2, -0.15) is 5.10 Å². The Hall–Kier alpha value is -2.02. The standard InChI is InChI=1S/C14H13BrN6/c15-9-6-12-13(17-7-9)10(3-4-16-12)20-11-2-1-5-21-14(11)18-8-19-21/h3-4,6-8,11H,1-2,5H2,(H,16,20)/t11-/m1/s1. The molecule has 0 unspecified atom stereocenters. The Morgan fingerprint density at radius 3 is 3.19 bits per heavy atom. The monoisotopic (exact) mass is 344 g/mol. The SMILES string of the molecule is Brc1cnc2c(N[C@@H]3CCCn4ncnc43)ccnc2c1. The number of fused-ring (bicyclic) bond motifs is 2. The first kappa shape index (κ1) is 12.7. The van der Waals surface area contributed by atoms with Gasteiger partial charge in [-0.25, -0.2) is 9.67 Å². The fraction of sp³-hybridized carbons (Fsp3) is 0.286. The Morgan fingerprint density at radius 2 is 2.24 bits per heavy atom. The third-order valence-electron chi connectivity index (χ3n) is 3.69. The first-order valence-corrected chi connectivity index (χ1v) is 7.65. The average Bonchev–Trinajstić information content (AvgIpc) is 2.97. The zero-order chi connectivity index (χ0) is 14.2. The molecule has 3 aromatic rings. The number of hydrogen-bond donors (Lipinski definition) is 1. The van der Waals surface area contributed by atoms with Gasteiger partial charge < -0.3 is 5.32 Å². The van der Waals surface area contributed by atoms with Crippen LogP contribution in [0.3, 0.4) is 0 Å². The minimum absolute atomic E-state index is 0.164. The molecule has 3 aromatic heterocycles. The topological polar surface area (TPSA) is 68.5 Å². The van der Waals surface area contributed by atoms with Crippen LogP contribution in [0.25, 0.3) is 11.0 Å². The molecule has 0 spiro atoms. The van der Waals surface area contributed by atoms with Gasteiger partial charge >= 0.3 is 0 Å². The van der Waals surface area contributed by atoms with Crippen LogP contribution in [0.1, 0.15) is 24.7 Å². The summed E-state index contributed by atoms with van der Waals surface area (Å²) in [6.45, 7) is 0.940. The fourth-order valence-corrected chi connectivity index (χ4v) is 3.06. The molecule has 0 saturated heterocycles. The molecule has 0 fully saturated rings. The van der Waals surface area contributed by atoms with Gasteiger partial charge in [0, 0.05) is 23.4 Å². The highest BCUT2D eigenvalue weighted by molar-refractivity contribution is 9.10. The third-order valence-corrected chi connectivity index (χ3v) is 4.13. The Morgan fingerprint density at radius 1 is 1.29 bits per heavy atom. The number of rotatable bonds is 2. The largest absolute Gasteiger partial charge is 0.373 e. The highest BCUT2D eigenvalue weighted by atomic mass is 79.9. The van der Waals surface area contributed by atoms with E-state index in [4.69, 9.17) is 0 Å². The summed E-state index contributed by atoms with van der Waals surface area (Å²) in [5.74, 6) is 0.989. The molecule has 4 heterocycles. The van der Waals surface area contributed by atoms with Crippen LogP contribution in [0.2, 0.25) is 0 Å². The predicted molar refractivity (Wildman–Crippen MR) is 82.9 cm³/mol. The van der Waals surface area contributed by atoms with E-state index in [2.05, 4.69) is 41.3 Å². The van der Waals surface area contributed by atoms with Gasteiger partial charge in [-0.15, -0.1) is 0 Å². The van der Waals surface area contributed by atoms with E-state index < -0.39 is 0 Å². The van der Waals surface area contributed by atoms with E-state index in [1.807, 2.05) is 16.8 Å². The van der Waals surface area contributed by atoms with Crippen molar-refractivity contribution in [2.24, 2.45) is 0 Å². The minimum atomic E-state index is 0.164. The molecule has 0 saturated carbocycles. The summed E-state index contributed by atoms with van der Waals surface area (Å²) in [5, 5.41) is 7.80. The maximum absolute atomic E-state index is 4.48. The van der Waals surface area contributed by atoms with Gasteiger partial charge in [0.1, 0.15) is 17.7 Å². The fourth-order valence-electron chi connectivity index (χ4n) is 2.74. The van der Waals surface area contributed by atoms with Crippen molar-refractivity contribution < 1.29 is 0 Å². The predicted octanol–water partition coefficient (Wildman–Crippen LogP) is 2.93. The molecule has 106 valence electrons. The maximum Gasteiger partial charge on any atom is 0.149 e. The normalized spacial score (nSPS) is 17.7. The molecule has 4 rings (SSSR count). The van der Waals surface area contributed by atoms with Gasteiger partial charge in [0.2, 0.25) is 0 Å². The Kier molecular flexibility index (Phi) is 3.07. The van der Waals surface area contributed by atoms with Crippen LogP contribution in [-0.4, -0.2) is 24.7 Å². The second-order valence-electron chi connectivity index (χ2n) is 5.06. The van der Waals surface area contributed by atoms with E-state index in [0.717, 1.165) is 46.4 Å². The smallest absolute Gasteiger partial charge is 0.149 e. The molecule has 21 heavy (non-hydrogen) atoms. The van der Waals surface area contributed by atoms with E-state index in [1.165, 1.54) is 0 Å². The zero-order valence-corrected chi connectivity index (χ0v) is 12.8. The zero-order valence-electron chi connectivity index (χ0n) is 11.2. The van der Waals surface area contributed by atoms with Crippen LogP contribution in [0.15, 0.2) is 35.3 Å². The van der Waals surface area contributed by atoms with Gasteiger partial charge in [-0.1, -0.05) is 0 Å². The van der Waals surface area contributed by atoms with Crippen molar-refractivity contribution in [1.29, 1.82) is 0 Å². The first-order valence-electron chi connectivity index (χ1n) is 6.86. The van der Waals surface area contributed by atoms with Gasteiger partial charge in [-0.05, 0) is 40.9 Å². The van der Waals surface area contributed by atoms with Crippen LogP contribution < -0.4 is 5.32 Å². The molecule has 1 aliphatic heterocycles. The van der Waals surface area contributed by atoms with Crippen LogP contribution in [0, 0.1) is 0 Å².